The molecule has 1 aliphatic rings. The van der Waals surface area contributed by atoms with Crippen LogP contribution < -0.4 is 10.2 Å². The fourth-order valence-corrected chi connectivity index (χ4v) is 3.64. The third kappa shape index (κ3) is 3.76. The van der Waals surface area contributed by atoms with Crippen molar-refractivity contribution in [3.05, 3.63) is 29.8 Å². The standard InChI is InChI=1S/C18H30N2/c1-5-15-9-10-18(19-3)16(12-15)13-20(4)17-8-6-7-14(2)11-17/h6-8,11,15-16,18-19H,5,9-10,12-13H2,1-4H3. The fraction of sp³-hybridized carbons (Fsp3) is 0.667. The lowest BCUT2D eigenvalue weighted by atomic mass is 9.76. The molecule has 112 valence electrons. The molecule has 1 aromatic carbocycles. The Morgan fingerprint density at radius 2 is 2.10 bits per heavy atom. The van der Waals surface area contributed by atoms with Gasteiger partial charge in [-0.1, -0.05) is 25.5 Å². The molecule has 0 radical (unpaired) electrons. The van der Waals surface area contributed by atoms with E-state index in [9.17, 15) is 0 Å². The zero-order valence-electron chi connectivity index (χ0n) is 13.5. The second-order valence-corrected chi connectivity index (χ2v) is 6.46. The number of nitrogens with zero attached hydrogens (tertiary/aromatic N) is 1. The molecule has 20 heavy (non-hydrogen) atoms. The van der Waals surface area contributed by atoms with Gasteiger partial charge in [0.2, 0.25) is 0 Å². The van der Waals surface area contributed by atoms with Crippen LogP contribution in [0.3, 0.4) is 0 Å². The van der Waals surface area contributed by atoms with E-state index in [1.54, 1.807) is 0 Å². The lowest BCUT2D eigenvalue weighted by Gasteiger charge is -2.38. The first kappa shape index (κ1) is 15.4. The summed E-state index contributed by atoms with van der Waals surface area (Å²) in [5.74, 6) is 1.69. The maximum Gasteiger partial charge on any atom is 0.0366 e. The highest BCUT2D eigenvalue weighted by Crippen LogP contribution is 2.32. The molecular weight excluding hydrogens is 244 g/mol. The number of hydrogen-bond donors (Lipinski definition) is 1. The van der Waals surface area contributed by atoms with Crippen molar-refractivity contribution in [3.8, 4) is 0 Å². The Bertz CT molecular complexity index is 416. The van der Waals surface area contributed by atoms with Crippen molar-refractivity contribution in [3.63, 3.8) is 0 Å². The van der Waals surface area contributed by atoms with Crippen LogP contribution in [0.4, 0.5) is 5.69 Å². The summed E-state index contributed by atoms with van der Waals surface area (Å²) in [6, 6.07) is 9.52. The summed E-state index contributed by atoms with van der Waals surface area (Å²) in [4.78, 5) is 2.43. The van der Waals surface area contributed by atoms with E-state index in [1.807, 2.05) is 0 Å². The lowest BCUT2D eigenvalue weighted by Crippen LogP contribution is -2.43. The number of rotatable bonds is 5. The van der Waals surface area contributed by atoms with Crippen LogP contribution in [0.15, 0.2) is 24.3 Å². The molecule has 3 unspecified atom stereocenters. The van der Waals surface area contributed by atoms with Crippen molar-refractivity contribution in [2.75, 3.05) is 25.5 Å². The van der Waals surface area contributed by atoms with Gasteiger partial charge in [-0.05, 0) is 62.8 Å². The van der Waals surface area contributed by atoms with Gasteiger partial charge in [0.25, 0.3) is 0 Å². The van der Waals surface area contributed by atoms with E-state index in [0.29, 0.717) is 6.04 Å². The van der Waals surface area contributed by atoms with Gasteiger partial charge >= 0.3 is 0 Å². The SMILES string of the molecule is CCC1CCC(NC)C(CN(C)c2cccc(C)c2)C1. The average Bonchev–Trinajstić information content (AvgIpc) is 2.47. The first-order chi connectivity index (χ1) is 9.63. The normalized spacial score (nSPS) is 26.5. The summed E-state index contributed by atoms with van der Waals surface area (Å²) >= 11 is 0. The summed E-state index contributed by atoms with van der Waals surface area (Å²) in [6.45, 7) is 5.67. The van der Waals surface area contributed by atoms with E-state index in [2.05, 4.69) is 62.4 Å². The summed E-state index contributed by atoms with van der Waals surface area (Å²) in [5.41, 5.74) is 2.69. The second kappa shape index (κ2) is 7.12. The highest BCUT2D eigenvalue weighted by atomic mass is 15.1. The predicted molar refractivity (Wildman–Crippen MR) is 88.4 cm³/mol. The number of anilines is 1. The van der Waals surface area contributed by atoms with Crippen molar-refractivity contribution < 1.29 is 0 Å². The highest BCUT2D eigenvalue weighted by molar-refractivity contribution is 5.47. The van der Waals surface area contributed by atoms with Crippen molar-refractivity contribution in [2.45, 2.75) is 45.6 Å². The predicted octanol–water partition coefficient (Wildman–Crippen LogP) is 3.85. The molecule has 0 heterocycles. The highest BCUT2D eigenvalue weighted by Gasteiger charge is 2.29. The molecule has 1 saturated carbocycles. The quantitative estimate of drug-likeness (QED) is 0.877. The maximum absolute atomic E-state index is 3.54. The molecule has 2 heteroatoms. The van der Waals surface area contributed by atoms with Crippen LogP contribution in [0.1, 0.15) is 38.2 Å². The van der Waals surface area contributed by atoms with Gasteiger partial charge in [-0.2, -0.15) is 0 Å². The van der Waals surface area contributed by atoms with Crippen LogP contribution in [0.2, 0.25) is 0 Å². The Morgan fingerprint density at radius 3 is 2.75 bits per heavy atom. The van der Waals surface area contributed by atoms with Crippen molar-refractivity contribution >= 4 is 5.69 Å². The summed E-state index contributed by atoms with van der Waals surface area (Å²) < 4.78 is 0. The van der Waals surface area contributed by atoms with E-state index in [1.165, 1.54) is 36.9 Å². The summed E-state index contributed by atoms with van der Waals surface area (Å²) in [5, 5.41) is 3.54. The summed E-state index contributed by atoms with van der Waals surface area (Å²) in [6.07, 6.45) is 5.44. The van der Waals surface area contributed by atoms with Gasteiger partial charge in [0.1, 0.15) is 0 Å². The number of hydrogen-bond acceptors (Lipinski definition) is 2. The zero-order chi connectivity index (χ0) is 14.5. The number of aryl methyl sites for hydroxylation is 1. The molecule has 1 N–H and O–H groups in total. The van der Waals surface area contributed by atoms with Crippen molar-refractivity contribution in [2.24, 2.45) is 11.8 Å². The molecule has 2 nitrogen and oxygen atoms in total. The zero-order valence-corrected chi connectivity index (χ0v) is 13.5. The van der Waals surface area contributed by atoms with Crippen LogP contribution >= 0.6 is 0 Å². The average molecular weight is 274 g/mol. The van der Waals surface area contributed by atoms with Gasteiger partial charge in [0.15, 0.2) is 0 Å². The Hall–Kier alpha value is -1.02. The van der Waals surface area contributed by atoms with E-state index < -0.39 is 0 Å². The smallest absolute Gasteiger partial charge is 0.0366 e. The third-order valence-corrected chi connectivity index (χ3v) is 4.99. The number of benzene rings is 1. The molecular formula is C18H30N2. The van der Waals surface area contributed by atoms with Gasteiger partial charge in [0, 0.05) is 25.3 Å². The molecule has 3 atom stereocenters. The molecule has 0 spiro atoms. The fourth-order valence-electron chi connectivity index (χ4n) is 3.64. The van der Waals surface area contributed by atoms with Crippen LogP contribution in [0, 0.1) is 18.8 Å². The minimum Gasteiger partial charge on any atom is -0.374 e. The van der Waals surface area contributed by atoms with Gasteiger partial charge in [-0.3, -0.25) is 0 Å². The molecule has 0 aromatic heterocycles. The first-order valence-corrected chi connectivity index (χ1v) is 8.09. The van der Waals surface area contributed by atoms with Crippen LogP contribution in [0.25, 0.3) is 0 Å². The van der Waals surface area contributed by atoms with Gasteiger partial charge in [-0.25, -0.2) is 0 Å². The Morgan fingerprint density at radius 1 is 1.30 bits per heavy atom. The third-order valence-electron chi connectivity index (χ3n) is 4.99. The molecule has 1 aromatic rings. The van der Waals surface area contributed by atoms with Crippen LogP contribution in [0.5, 0.6) is 0 Å². The topological polar surface area (TPSA) is 15.3 Å². The molecule has 1 aliphatic carbocycles. The molecule has 0 aliphatic heterocycles. The van der Waals surface area contributed by atoms with Crippen LogP contribution in [-0.2, 0) is 0 Å². The molecule has 2 rings (SSSR count). The molecule has 0 saturated heterocycles. The van der Waals surface area contributed by atoms with E-state index in [4.69, 9.17) is 0 Å². The van der Waals surface area contributed by atoms with Gasteiger partial charge in [0.05, 0.1) is 0 Å². The van der Waals surface area contributed by atoms with Crippen molar-refractivity contribution in [1.82, 2.24) is 5.32 Å². The molecule has 0 bridgehead atoms. The second-order valence-electron chi connectivity index (χ2n) is 6.46. The Balaban J connectivity index is 2.02. The van der Waals surface area contributed by atoms with E-state index in [0.717, 1.165) is 18.4 Å². The minimum atomic E-state index is 0.685. The van der Waals surface area contributed by atoms with E-state index in [-0.39, 0.29) is 0 Å². The summed E-state index contributed by atoms with van der Waals surface area (Å²) in [7, 11) is 4.35. The van der Waals surface area contributed by atoms with Gasteiger partial charge < -0.3 is 10.2 Å². The maximum atomic E-state index is 3.54. The largest absolute Gasteiger partial charge is 0.374 e. The van der Waals surface area contributed by atoms with Crippen LogP contribution in [-0.4, -0.2) is 26.7 Å². The lowest BCUT2D eigenvalue weighted by molar-refractivity contribution is 0.210. The van der Waals surface area contributed by atoms with Crippen molar-refractivity contribution in [1.29, 1.82) is 0 Å². The number of nitrogens with one attached hydrogen (secondary N) is 1. The first-order valence-electron chi connectivity index (χ1n) is 8.09. The molecule has 0 amide bonds. The monoisotopic (exact) mass is 274 g/mol. The Kier molecular flexibility index (Phi) is 5.47. The van der Waals surface area contributed by atoms with E-state index >= 15 is 0 Å². The molecule has 1 fully saturated rings. The minimum absolute atomic E-state index is 0.685. The Labute approximate surface area is 124 Å². The van der Waals surface area contributed by atoms with Gasteiger partial charge in [-0.15, -0.1) is 0 Å².